The van der Waals surface area contributed by atoms with Gasteiger partial charge in [-0.2, -0.15) is 0 Å². The lowest BCUT2D eigenvalue weighted by Crippen LogP contribution is -2.63. The lowest BCUT2D eigenvalue weighted by Gasteiger charge is -2.52. The maximum absolute atomic E-state index is 12.7. The Labute approximate surface area is 144 Å². The fraction of sp³-hybridized carbons (Fsp3) is 0.438. The van der Waals surface area contributed by atoms with Crippen molar-refractivity contribution < 1.29 is 9.53 Å². The minimum Gasteiger partial charge on any atom is -0.436 e. The Kier molecular flexibility index (Phi) is 3.48. The number of anilines is 1. The van der Waals surface area contributed by atoms with Crippen molar-refractivity contribution in [1.29, 1.82) is 0 Å². The van der Waals surface area contributed by atoms with Crippen molar-refractivity contribution in [3.63, 3.8) is 0 Å². The molecule has 7 heteroatoms. The number of carbonyl (C=O) groups excluding carboxylic acids is 1. The second-order valence-corrected chi connectivity index (χ2v) is 7.28. The quantitative estimate of drug-likeness (QED) is 0.841. The van der Waals surface area contributed by atoms with Crippen molar-refractivity contribution in [2.45, 2.75) is 18.4 Å². The zero-order chi connectivity index (χ0) is 16.2. The summed E-state index contributed by atoms with van der Waals surface area (Å²) in [7, 11) is 0. The van der Waals surface area contributed by atoms with Crippen LogP contribution < -0.4 is 10.6 Å². The molecule has 1 atom stereocenters. The Morgan fingerprint density at radius 1 is 1.17 bits per heavy atom. The van der Waals surface area contributed by atoms with Crippen LogP contribution in [0.2, 0.25) is 10.0 Å². The van der Waals surface area contributed by atoms with Gasteiger partial charge in [-0.05, 0) is 44.1 Å². The van der Waals surface area contributed by atoms with Crippen molar-refractivity contribution in [2.24, 2.45) is 11.7 Å². The fourth-order valence-corrected chi connectivity index (χ4v) is 4.43. The number of hydrogen-bond donors (Lipinski definition) is 1. The first-order valence-corrected chi connectivity index (χ1v) is 8.42. The summed E-state index contributed by atoms with van der Waals surface area (Å²) in [6, 6.07) is 4.89. The molecular formula is C16H17Cl2N3O2. The van der Waals surface area contributed by atoms with Crippen LogP contribution in [0.15, 0.2) is 30.1 Å². The van der Waals surface area contributed by atoms with E-state index in [1.807, 2.05) is 6.08 Å². The maximum Gasteiger partial charge on any atom is 0.421 e. The molecule has 2 N–H and O–H groups in total. The van der Waals surface area contributed by atoms with Crippen LogP contribution in [-0.2, 0) is 4.74 Å². The van der Waals surface area contributed by atoms with Crippen molar-refractivity contribution in [3.05, 3.63) is 40.1 Å². The van der Waals surface area contributed by atoms with E-state index in [0.717, 1.165) is 25.9 Å². The highest BCUT2D eigenvalue weighted by molar-refractivity contribution is 6.35. The summed E-state index contributed by atoms with van der Waals surface area (Å²) >= 11 is 12.1. The number of nitrogens with zero attached hydrogens (tertiary/aromatic N) is 2. The summed E-state index contributed by atoms with van der Waals surface area (Å²) in [4.78, 5) is 16.3. The molecule has 2 bridgehead atoms. The third-order valence-electron chi connectivity index (χ3n) is 4.97. The van der Waals surface area contributed by atoms with E-state index in [4.69, 9.17) is 33.7 Å². The van der Waals surface area contributed by atoms with E-state index >= 15 is 0 Å². The van der Waals surface area contributed by atoms with Gasteiger partial charge >= 0.3 is 6.09 Å². The van der Waals surface area contributed by atoms with Gasteiger partial charge in [-0.1, -0.05) is 23.2 Å². The number of piperidine rings is 3. The molecule has 4 aliphatic rings. The molecule has 1 amide bonds. The minimum atomic E-state index is -0.601. The number of halogens is 2. The van der Waals surface area contributed by atoms with E-state index < -0.39 is 11.7 Å². The first-order chi connectivity index (χ1) is 11.0. The van der Waals surface area contributed by atoms with Gasteiger partial charge in [-0.25, -0.2) is 9.69 Å². The molecule has 3 fully saturated rings. The number of nitrogens with two attached hydrogens (primary N) is 1. The zero-order valence-electron chi connectivity index (χ0n) is 12.5. The van der Waals surface area contributed by atoms with Gasteiger partial charge in [0.15, 0.2) is 5.60 Å². The number of benzene rings is 1. The van der Waals surface area contributed by atoms with Crippen molar-refractivity contribution in [2.75, 3.05) is 24.5 Å². The summed E-state index contributed by atoms with van der Waals surface area (Å²) in [5, 5.41) is 0.882. The average Bonchev–Trinajstić information content (AvgIpc) is 2.46. The van der Waals surface area contributed by atoms with Gasteiger partial charge in [0.2, 0.25) is 0 Å². The van der Waals surface area contributed by atoms with Crippen LogP contribution in [0.3, 0.4) is 0 Å². The van der Waals surface area contributed by atoms with Crippen LogP contribution in [-0.4, -0.2) is 36.2 Å². The van der Waals surface area contributed by atoms with E-state index in [2.05, 4.69) is 4.90 Å². The number of rotatable bonds is 1. The van der Waals surface area contributed by atoms with Crippen molar-refractivity contribution in [3.8, 4) is 0 Å². The van der Waals surface area contributed by atoms with Crippen molar-refractivity contribution >= 4 is 35.0 Å². The van der Waals surface area contributed by atoms with Crippen LogP contribution in [0.4, 0.5) is 10.5 Å². The van der Waals surface area contributed by atoms with Gasteiger partial charge in [0.25, 0.3) is 0 Å². The Hall–Kier alpha value is -1.43. The fourth-order valence-electron chi connectivity index (χ4n) is 3.92. The number of fused-ring (bicyclic) bond motifs is 2. The first-order valence-electron chi connectivity index (χ1n) is 7.67. The summed E-state index contributed by atoms with van der Waals surface area (Å²) in [5.41, 5.74) is 6.13. The number of carbonyl (C=O) groups is 1. The third-order valence-corrected chi connectivity index (χ3v) is 5.40. The van der Waals surface area contributed by atoms with E-state index in [0.29, 0.717) is 34.0 Å². The molecule has 1 aromatic rings. The molecule has 23 heavy (non-hydrogen) atoms. The minimum absolute atomic E-state index is 0.333. The van der Waals surface area contributed by atoms with E-state index in [1.165, 1.54) is 4.90 Å². The van der Waals surface area contributed by atoms with Crippen LogP contribution >= 0.6 is 23.2 Å². The summed E-state index contributed by atoms with van der Waals surface area (Å²) in [6.07, 6.45) is 3.47. The molecule has 5 nitrogen and oxygen atoms in total. The Balaban J connectivity index is 1.72. The topological polar surface area (TPSA) is 58.8 Å². The second-order valence-electron chi connectivity index (χ2n) is 6.41. The van der Waals surface area contributed by atoms with Crippen LogP contribution in [0.25, 0.3) is 0 Å². The highest BCUT2D eigenvalue weighted by Gasteiger charge is 2.51. The summed E-state index contributed by atoms with van der Waals surface area (Å²) in [5.74, 6) is 0.702. The van der Waals surface area contributed by atoms with Gasteiger partial charge in [-0.15, -0.1) is 0 Å². The predicted molar refractivity (Wildman–Crippen MR) is 89.6 cm³/mol. The average molecular weight is 354 g/mol. The van der Waals surface area contributed by atoms with E-state index in [9.17, 15) is 4.79 Å². The summed E-state index contributed by atoms with van der Waals surface area (Å²) < 4.78 is 5.87. The third kappa shape index (κ3) is 2.47. The molecule has 122 valence electrons. The molecule has 0 aromatic heterocycles. The van der Waals surface area contributed by atoms with Crippen molar-refractivity contribution in [1.82, 2.24) is 4.90 Å². The van der Waals surface area contributed by atoms with Crippen LogP contribution in [0.1, 0.15) is 12.8 Å². The normalized spacial score (nSPS) is 32.9. The smallest absolute Gasteiger partial charge is 0.421 e. The number of hydrogen-bond acceptors (Lipinski definition) is 4. The lowest BCUT2D eigenvalue weighted by atomic mass is 9.74. The van der Waals surface area contributed by atoms with Crippen LogP contribution in [0, 0.1) is 5.92 Å². The molecular weight excluding hydrogens is 337 g/mol. The van der Waals surface area contributed by atoms with E-state index in [-0.39, 0.29) is 0 Å². The highest BCUT2D eigenvalue weighted by atomic mass is 35.5. The van der Waals surface area contributed by atoms with Crippen LogP contribution in [0.5, 0.6) is 0 Å². The molecule has 0 aliphatic carbocycles. The van der Waals surface area contributed by atoms with E-state index in [1.54, 1.807) is 18.2 Å². The molecule has 0 radical (unpaired) electrons. The Morgan fingerprint density at radius 2 is 1.83 bits per heavy atom. The molecule has 1 spiro atoms. The number of ether oxygens (including phenoxy) is 1. The molecule has 1 unspecified atom stereocenters. The summed E-state index contributed by atoms with van der Waals surface area (Å²) in [6.45, 7) is 2.84. The molecule has 3 saturated heterocycles. The Bertz CT molecular complexity index is 680. The van der Waals surface area contributed by atoms with Gasteiger partial charge in [0.05, 0.1) is 5.69 Å². The largest absolute Gasteiger partial charge is 0.436 e. The standard InChI is InChI=1S/C16H17Cl2N3O2/c17-11-5-12(18)7-13(6-11)21-14(19)8-16(23-15(21)22)9-20-3-1-10(16)2-4-20/h5-8,10H,1-4,9,19H2. The molecule has 4 aliphatic heterocycles. The first kappa shape index (κ1) is 15.1. The molecule has 0 saturated carbocycles. The van der Waals surface area contributed by atoms with Gasteiger partial charge in [-0.3, -0.25) is 4.90 Å². The highest BCUT2D eigenvalue weighted by Crippen LogP contribution is 2.43. The second kappa shape index (κ2) is 5.30. The zero-order valence-corrected chi connectivity index (χ0v) is 14.0. The monoisotopic (exact) mass is 353 g/mol. The van der Waals surface area contributed by atoms with Gasteiger partial charge in [0, 0.05) is 28.6 Å². The lowest BCUT2D eigenvalue weighted by molar-refractivity contribution is -0.0860. The molecule has 5 rings (SSSR count). The maximum atomic E-state index is 12.7. The predicted octanol–water partition coefficient (Wildman–Crippen LogP) is 3.21. The van der Waals surface area contributed by atoms with Gasteiger partial charge < -0.3 is 10.5 Å². The molecule has 4 heterocycles. The van der Waals surface area contributed by atoms with Gasteiger partial charge in [0.1, 0.15) is 5.82 Å². The Morgan fingerprint density at radius 3 is 2.35 bits per heavy atom. The SMILES string of the molecule is NC1=CC2(CN3CCC2CC3)OC(=O)N1c1cc(Cl)cc(Cl)c1. The molecule has 1 aromatic carbocycles. The number of amides is 1.